The van der Waals surface area contributed by atoms with Crippen molar-refractivity contribution in [3.05, 3.63) is 48.0 Å². The van der Waals surface area contributed by atoms with Gasteiger partial charge in [0.15, 0.2) is 15.8 Å². The van der Waals surface area contributed by atoms with E-state index in [1.807, 2.05) is 24.1 Å². The molecular weight excluding hydrogens is 393 g/mol. The molecular formula is C20H28FN5O2S. The van der Waals surface area contributed by atoms with Crippen LogP contribution in [0.2, 0.25) is 0 Å². The topological polar surface area (TPSA) is 79.6 Å². The quantitative estimate of drug-likeness (QED) is 0.590. The van der Waals surface area contributed by atoms with Crippen molar-refractivity contribution in [3.63, 3.8) is 0 Å². The van der Waals surface area contributed by atoms with Gasteiger partial charge in [-0.1, -0.05) is 0 Å². The molecule has 1 fully saturated rings. The Hall–Kier alpha value is -2.42. The lowest BCUT2D eigenvalue weighted by atomic mass is 10.2. The van der Waals surface area contributed by atoms with E-state index in [1.54, 1.807) is 30.7 Å². The van der Waals surface area contributed by atoms with E-state index in [4.69, 9.17) is 0 Å². The smallest absolute Gasteiger partial charge is 0.194 e. The van der Waals surface area contributed by atoms with E-state index in [1.165, 1.54) is 12.1 Å². The largest absolute Gasteiger partial charge is 0.357 e. The molecule has 29 heavy (non-hydrogen) atoms. The van der Waals surface area contributed by atoms with Crippen molar-refractivity contribution in [2.45, 2.75) is 31.9 Å². The molecule has 9 heteroatoms. The van der Waals surface area contributed by atoms with Crippen molar-refractivity contribution in [3.8, 4) is 5.69 Å². The van der Waals surface area contributed by atoms with Crippen LogP contribution in [0.4, 0.5) is 4.39 Å². The normalized spacial score (nSPS) is 18.6. The van der Waals surface area contributed by atoms with Gasteiger partial charge in [-0.2, -0.15) is 5.10 Å². The third-order valence-electron chi connectivity index (χ3n) is 5.04. The standard InChI is InChI=1S/C20H28FN5O2S/c1-4-22-19(25-13-14-29(27,28)20(2,3)15-25)23-11-9-17-10-12-26(24-17)18-7-5-16(21)6-8-18/h5-8,10,12H,4,9,11,13-15H2,1-3H3,(H,22,23). The monoisotopic (exact) mass is 421 g/mol. The summed E-state index contributed by atoms with van der Waals surface area (Å²) < 4.78 is 38.5. The van der Waals surface area contributed by atoms with Gasteiger partial charge in [-0.25, -0.2) is 17.5 Å². The first-order chi connectivity index (χ1) is 13.7. The molecule has 1 aromatic carbocycles. The maximum absolute atomic E-state index is 13.1. The number of benzene rings is 1. The number of aromatic nitrogens is 2. The van der Waals surface area contributed by atoms with Gasteiger partial charge < -0.3 is 10.2 Å². The number of guanidine groups is 1. The Bertz CT molecular complexity index is 967. The fourth-order valence-electron chi connectivity index (χ4n) is 3.26. The summed E-state index contributed by atoms with van der Waals surface area (Å²) in [5, 5.41) is 7.78. The van der Waals surface area contributed by atoms with Gasteiger partial charge in [0.05, 0.1) is 21.9 Å². The Morgan fingerprint density at radius 1 is 1.28 bits per heavy atom. The molecule has 0 spiro atoms. The fraction of sp³-hybridized carbons (Fsp3) is 0.500. The van der Waals surface area contributed by atoms with Crippen LogP contribution in [0.3, 0.4) is 0 Å². The number of nitrogens with one attached hydrogen (secondary N) is 1. The number of hydrogen-bond acceptors (Lipinski definition) is 4. The second-order valence-corrected chi connectivity index (χ2v) is 10.5. The molecule has 0 unspecified atom stereocenters. The molecule has 0 radical (unpaired) electrons. The number of nitrogens with zero attached hydrogens (tertiary/aromatic N) is 4. The SMILES string of the molecule is CCNC(=NCCc1ccn(-c2ccc(F)cc2)n1)N1CCS(=O)(=O)C(C)(C)C1. The molecule has 0 amide bonds. The van der Waals surface area contributed by atoms with Gasteiger partial charge in [0.1, 0.15) is 5.82 Å². The van der Waals surface area contributed by atoms with E-state index in [0.717, 1.165) is 17.3 Å². The van der Waals surface area contributed by atoms with Gasteiger partial charge in [0.2, 0.25) is 0 Å². The van der Waals surface area contributed by atoms with Crippen LogP contribution < -0.4 is 5.32 Å². The molecule has 1 saturated heterocycles. The molecule has 0 saturated carbocycles. The van der Waals surface area contributed by atoms with Crippen LogP contribution in [0.5, 0.6) is 0 Å². The maximum Gasteiger partial charge on any atom is 0.194 e. The van der Waals surface area contributed by atoms with Crippen molar-refractivity contribution in [2.75, 3.05) is 31.9 Å². The summed E-state index contributed by atoms with van der Waals surface area (Å²) in [4.78, 5) is 6.69. The summed E-state index contributed by atoms with van der Waals surface area (Å²) in [7, 11) is -3.09. The van der Waals surface area contributed by atoms with Crippen molar-refractivity contribution in [2.24, 2.45) is 4.99 Å². The lowest BCUT2D eigenvalue weighted by molar-refractivity contribution is 0.353. The number of halogens is 1. The Morgan fingerprint density at radius 3 is 2.66 bits per heavy atom. The minimum Gasteiger partial charge on any atom is -0.357 e. The first kappa shape index (κ1) is 21.3. The van der Waals surface area contributed by atoms with E-state index in [2.05, 4.69) is 15.4 Å². The Kier molecular flexibility index (Phi) is 6.26. The van der Waals surface area contributed by atoms with Crippen LogP contribution in [0, 0.1) is 5.82 Å². The number of aliphatic imine (C=N–C) groups is 1. The van der Waals surface area contributed by atoms with E-state index >= 15 is 0 Å². The highest BCUT2D eigenvalue weighted by atomic mass is 32.2. The molecule has 158 valence electrons. The van der Waals surface area contributed by atoms with Crippen LogP contribution in [0.15, 0.2) is 41.5 Å². The summed E-state index contributed by atoms with van der Waals surface area (Å²) in [5.41, 5.74) is 1.68. The lowest BCUT2D eigenvalue weighted by Crippen LogP contribution is -2.57. The molecule has 1 aromatic heterocycles. The van der Waals surface area contributed by atoms with E-state index in [-0.39, 0.29) is 11.6 Å². The Balaban J connectivity index is 1.65. The van der Waals surface area contributed by atoms with Crippen LogP contribution in [-0.2, 0) is 16.3 Å². The molecule has 2 heterocycles. The lowest BCUT2D eigenvalue weighted by Gasteiger charge is -2.39. The Morgan fingerprint density at radius 2 is 2.00 bits per heavy atom. The highest BCUT2D eigenvalue weighted by Crippen LogP contribution is 2.23. The third kappa shape index (κ3) is 4.95. The molecule has 1 aliphatic heterocycles. The molecule has 1 N–H and O–H groups in total. The van der Waals surface area contributed by atoms with E-state index in [9.17, 15) is 12.8 Å². The molecule has 2 aromatic rings. The second-order valence-electron chi connectivity index (χ2n) is 7.71. The first-order valence-corrected chi connectivity index (χ1v) is 11.4. The van der Waals surface area contributed by atoms with Crippen molar-refractivity contribution >= 4 is 15.8 Å². The second kappa shape index (κ2) is 8.52. The number of sulfone groups is 1. The maximum atomic E-state index is 13.1. The predicted molar refractivity (Wildman–Crippen MR) is 113 cm³/mol. The van der Waals surface area contributed by atoms with Gasteiger partial charge in [-0.15, -0.1) is 0 Å². The van der Waals surface area contributed by atoms with Gasteiger partial charge >= 0.3 is 0 Å². The number of hydrogen-bond donors (Lipinski definition) is 1. The van der Waals surface area contributed by atoms with Crippen LogP contribution in [0.1, 0.15) is 26.5 Å². The van der Waals surface area contributed by atoms with Crippen LogP contribution >= 0.6 is 0 Å². The molecule has 7 nitrogen and oxygen atoms in total. The molecule has 0 aliphatic carbocycles. The predicted octanol–water partition coefficient (Wildman–Crippen LogP) is 2.03. The molecule has 0 atom stereocenters. The summed E-state index contributed by atoms with van der Waals surface area (Å²) in [5.74, 6) is 0.584. The molecule has 3 rings (SSSR count). The minimum absolute atomic E-state index is 0.131. The third-order valence-corrected chi connectivity index (χ3v) is 7.58. The van der Waals surface area contributed by atoms with Crippen molar-refractivity contribution in [1.82, 2.24) is 20.0 Å². The minimum atomic E-state index is -3.09. The first-order valence-electron chi connectivity index (χ1n) is 9.78. The highest BCUT2D eigenvalue weighted by Gasteiger charge is 2.40. The summed E-state index contributed by atoms with van der Waals surface area (Å²) in [6.07, 6.45) is 2.49. The summed E-state index contributed by atoms with van der Waals surface area (Å²) in [6.45, 7) is 7.62. The average Bonchev–Trinajstić information content (AvgIpc) is 3.13. The van der Waals surface area contributed by atoms with Gasteiger partial charge in [-0.05, 0) is 51.1 Å². The van der Waals surface area contributed by atoms with E-state index in [0.29, 0.717) is 32.6 Å². The van der Waals surface area contributed by atoms with Gasteiger partial charge in [-0.3, -0.25) is 4.99 Å². The molecule has 0 bridgehead atoms. The van der Waals surface area contributed by atoms with Crippen LogP contribution in [0.25, 0.3) is 5.69 Å². The fourth-order valence-corrected chi connectivity index (χ4v) is 4.63. The van der Waals surface area contributed by atoms with Crippen molar-refractivity contribution in [1.29, 1.82) is 0 Å². The zero-order valence-corrected chi connectivity index (χ0v) is 17.9. The van der Waals surface area contributed by atoms with Crippen molar-refractivity contribution < 1.29 is 12.8 Å². The van der Waals surface area contributed by atoms with Gasteiger partial charge in [0.25, 0.3) is 0 Å². The van der Waals surface area contributed by atoms with E-state index < -0.39 is 14.6 Å². The van der Waals surface area contributed by atoms with Gasteiger partial charge in [0, 0.05) is 38.8 Å². The summed E-state index contributed by atoms with van der Waals surface area (Å²) in [6, 6.07) is 8.09. The zero-order chi connectivity index (χ0) is 21.1. The molecule has 1 aliphatic rings. The zero-order valence-electron chi connectivity index (χ0n) is 17.1. The average molecular weight is 422 g/mol. The highest BCUT2D eigenvalue weighted by molar-refractivity contribution is 7.92. The van der Waals surface area contributed by atoms with Crippen LogP contribution in [-0.4, -0.2) is 65.7 Å². The Labute approximate surface area is 171 Å². The number of rotatable bonds is 5. The summed E-state index contributed by atoms with van der Waals surface area (Å²) >= 11 is 0.